The van der Waals surface area contributed by atoms with E-state index in [4.69, 9.17) is 4.98 Å². The molecule has 0 aliphatic heterocycles. The second kappa shape index (κ2) is 10.6. The Hall–Kier alpha value is -6.76. The van der Waals surface area contributed by atoms with Crippen molar-refractivity contribution in [1.29, 1.82) is 5.26 Å². The number of nitriles is 1. The minimum Gasteiger partial charge on any atom is -0.309 e. The molecule has 0 saturated heterocycles. The van der Waals surface area contributed by atoms with Gasteiger partial charge in [-0.2, -0.15) is 5.26 Å². The van der Waals surface area contributed by atoms with E-state index in [2.05, 4.69) is 156 Å². The third-order valence-corrected chi connectivity index (χ3v) is 9.93. The molecule has 10 aromatic rings. The summed E-state index contributed by atoms with van der Waals surface area (Å²) in [5.41, 5.74) is 9.27. The molecule has 3 heteroatoms. The van der Waals surface area contributed by atoms with Gasteiger partial charge in [0.2, 0.25) is 0 Å². The molecule has 0 atom stereocenters. The van der Waals surface area contributed by atoms with Gasteiger partial charge in [-0.25, -0.2) is 4.98 Å². The van der Waals surface area contributed by atoms with Crippen molar-refractivity contribution in [2.45, 2.75) is 0 Å². The Morgan fingerprint density at radius 3 is 1.90 bits per heavy atom. The fourth-order valence-electron chi connectivity index (χ4n) is 7.72. The minimum absolute atomic E-state index is 0.652. The van der Waals surface area contributed by atoms with Crippen molar-refractivity contribution in [2.24, 2.45) is 0 Å². The van der Waals surface area contributed by atoms with Crippen molar-refractivity contribution in [3.8, 4) is 34.1 Å². The number of hydrogen-bond acceptors (Lipinski definition) is 2. The molecule has 0 fully saturated rings. The second-order valence-electron chi connectivity index (χ2n) is 12.7. The van der Waals surface area contributed by atoms with Crippen LogP contribution in [0.3, 0.4) is 0 Å². The van der Waals surface area contributed by atoms with Crippen LogP contribution in [0.5, 0.6) is 0 Å². The van der Waals surface area contributed by atoms with Crippen LogP contribution in [0.1, 0.15) is 5.56 Å². The highest BCUT2D eigenvalue weighted by atomic mass is 15.0. The number of rotatable bonds is 3. The maximum absolute atomic E-state index is 9.84. The lowest BCUT2D eigenvalue weighted by Crippen LogP contribution is -1.94. The van der Waals surface area contributed by atoms with Crippen LogP contribution in [0.15, 0.2) is 164 Å². The van der Waals surface area contributed by atoms with E-state index in [-0.39, 0.29) is 0 Å². The lowest BCUT2D eigenvalue weighted by Gasteiger charge is -2.17. The standard InChI is InChI=1S/C46H27N3/c47-28-29-19-21-43-38(23-29)39-25-33(20-22-44(39)49(43)34-15-5-2-6-16-34)37-27-41-45(36-18-10-9-17-35(36)37)40-24-31-13-7-8-14-32(31)26-42(40)48-46(41)30-11-3-1-4-12-30/h1-27H. The van der Waals surface area contributed by atoms with E-state index in [0.29, 0.717) is 5.56 Å². The second-order valence-corrected chi connectivity index (χ2v) is 12.7. The van der Waals surface area contributed by atoms with E-state index < -0.39 is 0 Å². The first-order valence-electron chi connectivity index (χ1n) is 16.5. The molecular weight excluding hydrogens is 595 g/mol. The SMILES string of the molecule is N#Cc1ccc2c(c1)c1cc(-c3cc4c(-c5ccccc5)nc5cc6ccccc6cc5c4c4ccccc34)ccc1n2-c1ccccc1. The summed E-state index contributed by atoms with van der Waals surface area (Å²) in [6.45, 7) is 0. The van der Waals surface area contributed by atoms with Crippen molar-refractivity contribution in [2.75, 3.05) is 0 Å². The van der Waals surface area contributed by atoms with Gasteiger partial charge in [0.25, 0.3) is 0 Å². The maximum Gasteiger partial charge on any atom is 0.0991 e. The number of nitrogens with zero attached hydrogens (tertiary/aromatic N) is 3. The van der Waals surface area contributed by atoms with Gasteiger partial charge in [-0.15, -0.1) is 0 Å². The molecule has 0 radical (unpaired) electrons. The van der Waals surface area contributed by atoms with Gasteiger partial charge in [0.05, 0.1) is 33.9 Å². The van der Waals surface area contributed by atoms with Crippen molar-refractivity contribution < 1.29 is 0 Å². The Bertz CT molecular complexity index is 2990. The summed E-state index contributed by atoms with van der Waals surface area (Å²) in [7, 11) is 0. The Labute approximate surface area is 282 Å². The van der Waals surface area contributed by atoms with E-state index in [9.17, 15) is 5.26 Å². The fraction of sp³-hybridized carbons (Fsp3) is 0. The zero-order valence-corrected chi connectivity index (χ0v) is 26.4. The summed E-state index contributed by atoms with van der Waals surface area (Å²) >= 11 is 0. The molecule has 0 saturated carbocycles. The molecule has 3 nitrogen and oxygen atoms in total. The van der Waals surface area contributed by atoms with Crippen molar-refractivity contribution >= 4 is 65.0 Å². The van der Waals surface area contributed by atoms with E-state index in [0.717, 1.165) is 66.2 Å². The predicted octanol–water partition coefficient (Wildman–Crippen LogP) is 12.0. The van der Waals surface area contributed by atoms with Crippen LogP contribution < -0.4 is 0 Å². The number of benzene rings is 8. The third kappa shape index (κ3) is 4.18. The smallest absolute Gasteiger partial charge is 0.0991 e. The van der Waals surface area contributed by atoms with Gasteiger partial charge in [-0.3, -0.25) is 0 Å². The first-order valence-corrected chi connectivity index (χ1v) is 16.5. The van der Waals surface area contributed by atoms with E-state index in [1.165, 1.54) is 26.9 Å². The molecule has 0 aliphatic rings. The molecule has 8 aromatic carbocycles. The van der Waals surface area contributed by atoms with Gasteiger partial charge < -0.3 is 4.57 Å². The molecule has 0 unspecified atom stereocenters. The number of fused-ring (bicyclic) bond motifs is 9. The first-order chi connectivity index (χ1) is 24.2. The zero-order chi connectivity index (χ0) is 32.5. The summed E-state index contributed by atoms with van der Waals surface area (Å²) in [5, 5.41) is 20.3. The molecule has 2 heterocycles. The average Bonchev–Trinajstić information content (AvgIpc) is 3.50. The molecule has 0 amide bonds. The summed E-state index contributed by atoms with van der Waals surface area (Å²) in [6, 6.07) is 60.3. The average molecular weight is 622 g/mol. The summed E-state index contributed by atoms with van der Waals surface area (Å²) < 4.78 is 2.29. The third-order valence-electron chi connectivity index (χ3n) is 9.93. The van der Waals surface area contributed by atoms with Crippen LogP contribution in [-0.4, -0.2) is 9.55 Å². The monoisotopic (exact) mass is 621 g/mol. The molecule has 0 spiro atoms. The van der Waals surface area contributed by atoms with Gasteiger partial charge in [-0.05, 0) is 93.3 Å². The van der Waals surface area contributed by atoms with E-state index >= 15 is 0 Å². The van der Waals surface area contributed by atoms with Crippen LogP contribution >= 0.6 is 0 Å². The molecule has 226 valence electrons. The van der Waals surface area contributed by atoms with Crippen LogP contribution in [-0.2, 0) is 0 Å². The normalized spacial score (nSPS) is 11.7. The summed E-state index contributed by atoms with van der Waals surface area (Å²) in [5.74, 6) is 0. The summed E-state index contributed by atoms with van der Waals surface area (Å²) in [4.78, 5) is 5.38. The lowest BCUT2D eigenvalue weighted by atomic mass is 9.89. The topological polar surface area (TPSA) is 41.6 Å². The molecular formula is C46H27N3. The lowest BCUT2D eigenvalue weighted by molar-refractivity contribution is 1.18. The maximum atomic E-state index is 9.84. The van der Waals surface area contributed by atoms with Crippen LogP contribution in [0.4, 0.5) is 0 Å². The van der Waals surface area contributed by atoms with E-state index in [1.807, 2.05) is 18.2 Å². The quantitative estimate of drug-likeness (QED) is 0.145. The number of aromatic nitrogens is 2. The molecule has 0 aliphatic carbocycles. The Kier molecular flexibility index (Phi) is 5.94. The highest BCUT2D eigenvalue weighted by Crippen LogP contribution is 2.44. The molecule has 49 heavy (non-hydrogen) atoms. The van der Waals surface area contributed by atoms with Gasteiger partial charge in [0.15, 0.2) is 0 Å². The van der Waals surface area contributed by atoms with Gasteiger partial charge >= 0.3 is 0 Å². The molecule has 10 rings (SSSR count). The highest BCUT2D eigenvalue weighted by Gasteiger charge is 2.19. The molecule has 2 aromatic heterocycles. The first kappa shape index (κ1) is 27.4. The van der Waals surface area contributed by atoms with E-state index in [1.54, 1.807) is 0 Å². The van der Waals surface area contributed by atoms with Crippen LogP contribution in [0.25, 0.3) is 93.1 Å². The number of pyridine rings is 1. The Morgan fingerprint density at radius 1 is 0.469 bits per heavy atom. The highest BCUT2D eigenvalue weighted by molar-refractivity contribution is 6.26. The van der Waals surface area contributed by atoms with Gasteiger partial charge in [0, 0.05) is 38.2 Å². The minimum atomic E-state index is 0.652. The Morgan fingerprint density at radius 2 is 1.12 bits per heavy atom. The van der Waals surface area contributed by atoms with Crippen molar-refractivity contribution in [3.63, 3.8) is 0 Å². The molecule has 0 N–H and O–H groups in total. The van der Waals surface area contributed by atoms with Gasteiger partial charge in [-0.1, -0.05) is 103 Å². The number of para-hydroxylation sites is 1. The fourth-order valence-corrected chi connectivity index (χ4v) is 7.72. The predicted molar refractivity (Wildman–Crippen MR) is 204 cm³/mol. The summed E-state index contributed by atoms with van der Waals surface area (Å²) in [6.07, 6.45) is 0. The Balaban J connectivity index is 1.33. The number of hydrogen-bond donors (Lipinski definition) is 0. The zero-order valence-electron chi connectivity index (χ0n) is 26.4. The van der Waals surface area contributed by atoms with Crippen molar-refractivity contribution in [3.05, 3.63) is 169 Å². The van der Waals surface area contributed by atoms with Crippen molar-refractivity contribution in [1.82, 2.24) is 9.55 Å². The largest absolute Gasteiger partial charge is 0.309 e. The molecule has 0 bridgehead atoms. The van der Waals surface area contributed by atoms with Gasteiger partial charge in [0.1, 0.15) is 0 Å². The van der Waals surface area contributed by atoms with Crippen LogP contribution in [0.2, 0.25) is 0 Å². The van der Waals surface area contributed by atoms with Crippen LogP contribution in [0, 0.1) is 11.3 Å².